The number of aliphatic hydroxyl groups excluding tert-OH is 1. The Kier molecular flexibility index (Phi) is 4.60. The molecule has 0 atom stereocenters. The zero-order valence-electron chi connectivity index (χ0n) is 13.4. The lowest BCUT2D eigenvalue weighted by Gasteiger charge is -2.21. The third kappa shape index (κ3) is 2.91. The number of piperidine rings is 1. The maximum absolute atomic E-state index is 12.9. The number of aliphatic hydroxyl groups is 1. The number of carbonyl (C=O) groups excluding carboxylic acids is 1. The average Bonchev–Trinajstić information content (AvgIpc) is 2.90. The van der Waals surface area contributed by atoms with E-state index in [9.17, 15) is 19.8 Å². The summed E-state index contributed by atoms with van der Waals surface area (Å²) in [5.74, 6) is -1.33. The Labute approximate surface area is 144 Å². The number of hydrogen-bond donors (Lipinski definition) is 3. The van der Waals surface area contributed by atoms with Crippen LogP contribution in [0, 0.1) is 5.92 Å². The number of carboxylic acid groups (broad SMARTS) is 1. The number of hydrogen-bond acceptors (Lipinski definition) is 5. The predicted octanol–water partition coefficient (Wildman–Crippen LogP) is 2.47. The Hall–Kier alpha value is -1.92. The van der Waals surface area contributed by atoms with Gasteiger partial charge in [0.25, 0.3) is 0 Å². The van der Waals surface area contributed by atoms with Crippen LogP contribution in [0.1, 0.15) is 32.6 Å². The van der Waals surface area contributed by atoms with Crippen LogP contribution in [0.25, 0.3) is 0 Å². The molecule has 1 fully saturated rings. The van der Waals surface area contributed by atoms with Crippen molar-refractivity contribution < 1.29 is 19.8 Å². The molecule has 2 aliphatic heterocycles. The number of ketones is 1. The van der Waals surface area contributed by atoms with Crippen molar-refractivity contribution in [1.82, 2.24) is 5.32 Å². The lowest BCUT2D eigenvalue weighted by atomic mass is 9.86. The molecule has 1 saturated heterocycles. The minimum absolute atomic E-state index is 0.0518. The van der Waals surface area contributed by atoms with Gasteiger partial charge in [0.1, 0.15) is 11.5 Å². The number of aliphatic imine (C=N–C) groups is 1. The first kappa shape index (κ1) is 16.9. The molecule has 24 heavy (non-hydrogen) atoms. The van der Waals surface area contributed by atoms with Crippen molar-refractivity contribution in [1.29, 1.82) is 0 Å². The molecule has 128 valence electrons. The largest absolute Gasteiger partial charge is 0.506 e. The van der Waals surface area contributed by atoms with E-state index >= 15 is 0 Å². The molecular weight excluding hydrogens is 332 g/mol. The van der Waals surface area contributed by atoms with Gasteiger partial charge < -0.3 is 15.5 Å². The van der Waals surface area contributed by atoms with Crippen LogP contribution >= 0.6 is 11.6 Å². The van der Waals surface area contributed by atoms with Crippen molar-refractivity contribution in [3.8, 4) is 0 Å². The van der Waals surface area contributed by atoms with Crippen LogP contribution < -0.4 is 5.32 Å². The molecule has 1 aliphatic carbocycles. The number of nitrogens with zero attached hydrogens (tertiary/aromatic N) is 1. The summed E-state index contributed by atoms with van der Waals surface area (Å²) >= 11 is 6.04. The molecule has 0 spiro atoms. The van der Waals surface area contributed by atoms with Crippen LogP contribution in [0.2, 0.25) is 0 Å². The quantitative estimate of drug-likeness (QED) is 0.723. The fourth-order valence-electron chi connectivity index (χ4n) is 3.48. The van der Waals surface area contributed by atoms with Gasteiger partial charge in [-0.1, -0.05) is 11.6 Å². The summed E-state index contributed by atoms with van der Waals surface area (Å²) in [6.07, 6.45) is 1.36. The van der Waals surface area contributed by atoms with E-state index in [0.717, 1.165) is 25.9 Å². The highest BCUT2D eigenvalue weighted by molar-refractivity contribution is 6.33. The van der Waals surface area contributed by atoms with Gasteiger partial charge in [-0.05, 0) is 32.9 Å². The zero-order valence-corrected chi connectivity index (χ0v) is 14.1. The van der Waals surface area contributed by atoms with Gasteiger partial charge >= 0.3 is 5.97 Å². The van der Waals surface area contributed by atoms with Crippen molar-refractivity contribution in [3.63, 3.8) is 0 Å². The monoisotopic (exact) mass is 350 g/mol. The number of carboxylic acids is 1. The van der Waals surface area contributed by atoms with Crippen molar-refractivity contribution in [2.75, 3.05) is 13.1 Å². The molecule has 3 rings (SSSR count). The maximum atomic E-state index is 12.9. The van der Waals surface area contributed by atoms with Gasteiger partial charge in [0.15, 0.2) is 5.78 Å². The zero-order chi connectivity index (χ0) is 17.4. The SMILES string of the molecule is CC1=C2C(=NC(C(=O)C3CCNCC3)=C2CC(=O)O)CC(Cl)=C1O. The van der Waals surface area contributed by atoms with E-state index in [1.165, 1.54) is 0 Å². The fraction of sp³-hybridized carbons (Fsp3) is 0.471. The van der Waals surface area contributed by atoms with Gasteiger partial charge in [0, 0.05) is 29.1 Å². The third-order valence-corrected chi connectivity index (χ3v) is 5.02. The van der Waals surface area contributed by atoms with E-state index in [2.05, 4.69) is 10.3 Å². The highest BCUT2D eigenvalue weighted by atomic mass is 35.5. The topological polar surface area (TPSA) is 99.0 Å². The molecule has 0 amide bonds. The molecule has 2 heterocycles. The second-order valence-corrected chi connectivity index (χ2v) is 6.73. The number of Topliss-reactive ketones (excluding diaryl/α,β-unsaturated/α-hetero) is 1. The Bertz CT molecular complexity index is 740. The molecule has 7 heteroatoms. The van der Waals surface area contributed by atoms with Crippen molar-refractivity contribution in [2.24, 2.45) is 10.9 Å². The van der Waals surface area contributed by atoms with Gasteiger partial charge in [-0.2, -0.15) is 0 Å². The lowest BCUT2D eigenvalue weighted by molar-refractivity contribution is -0.136. The molecular formula is C17H19ClN2O4. The molecule has 0 saturated carbocycles. The number of fused-ring (bicyclic) bond motifs is 1. The van der Waals surface area contributed by atoms with Crippen LogP contribution in [0.15, 0.2) is 38.2 Å². The Balaban J connectivity index is 2.05. The fourth-order valence-corrected chi connectivity index (χ4v) is 3.75. The highest BCUT2D eigenvalue weighted by Crippen LogP contribution is 2.40. The first-order valence-corrected chi connectivity index (χ1v) is 8.35. The minimum Gasteiger partial charge on any atom is -0.506 e. The van der Waals surface area contributed by atoms with Crippen molar-refractivity contribution in [3.05, 3.63) is 33.2 Å². The summed E-state index contributed by atoms with van der Waals surface area (Å²) in [6.45, 7) is 3.20. The standard InChI is InChI=1S/C17H19ClN2O4/c1-8-14-10(6-13(21)22)15(17(24)9-2-4-19-5-3-9)20-12(14)7-11(18)16(8)23/h9,19,23H,2-7H2,1H3,(H,21,22). The van der Waals surface area contributed by atoms with Crippen LogP contribution in [0.5, 0.6) is 0 Å². The number of allylic oxidation sites excluding steroid dienone is 4. The average molecular weight is 351 g/mol. The number of aliphatic carboxylic acids is 1. The summed E-state index contributed by atoms with van der Waals surface area (Å²) in [4.78, 5) is 28.6. The van der Waals surface area contributed by atoms with Gasteiger partial charge in [-0.25, -0.2) is 4.99 Å². The molecule has 0 bridgehead atoms. The molecule has 3 N–H and O–H groups in total. The normalized spacial score (nSPS) is 22.0. The van der Waals surface area contributed by atoms with E-state index in [-0.39, 0.29) is 41.0 Å². The van der Waals surface area contributed by atoms with Crippen molar-refractivity contribution >= 4 is 29.1 Å². The maximum Gasteiger partial charge on any atom is 0.307 e. The summed E-state index contributed by atoms with van der Waals surface area (Å²) in [7, 11) is 0. The molecule has 0 radical (unpaired) electrons. The Morgan fingerprint density at radius 1 is 1.33 bits per heavy atom. The molecule has 0 aromatic heterocycles. The van der Waals surface area contributed by atoms with E-state index in [1.807, 2.05) is 0 Å². The minimum atomic E-state index is -1.03. The van der Waals surface area contributed by atoms with E-state index in [0.29, 0.717) is 22.4 Å². The number of carbonyl (C=O) groups is 2. The van der Waals surface area contributed by atoms with Crippen LogP contribution in [-0.4, -0.2) is 40.8 Å². The van der Waals surface area contributed by atoms with Gasteiger partial charge in [0.2, 0.25) is 0 Å². The summed E-state index contributed by atoms with van der Waals surface area (Å²) in [6, 6.07) is 0. The van der Waals surface area contributed by atoms with Gasteiger partial charge in [0.05, 0.1) is 17.2 Å². The van der Waals surface area contributed by atoms with Crippen LogP contribution in [0.3, 0.4) is 0 Å². The first-order chi connectivity index (χ1) is 11.4. The second-order valence-electron chi connectivity index (χ2n) is 6.27. The van der Waals surface area contributed by atoms with Crippen molar-refractivity contribution in [2.45, 2.75) is 32.6 Å². The summed E-state index contributed by atoms with van der Waals surface area (Å²) < 4.78 is 0. The van der Waals surface area contributed by atoms with Crippen LogP contribution in [0.4, 0.5) is 0 Å². The van der Waals surface area contributed by atoms with Gasteiger partial charge in [-0.3, -0.25) is 9.59 Å². The third-order valence-electron chi connectivity index (χ3n) is 4.70. The summed E-state index contributed by atoms with van der Waals surface area (Å²) in [5.41, 5.74) is 2.25. The van der Waals surface area contributed by atoms with E-state index in [4.69, 9.17) is 11.6 Å². The molecule has 0 aromatic rings. The number of rotatable bonds is 4. The summed E-state index contributed by atoms with van der Waals surface area (Å²) in [5, 5.41) is 22.8. The second kappa shape index (κ2) is 6.53. The molecule has 0 unspecified atom stereocenters. The predicted molar refractivity (Wildman–Crippen MR) is 90.1 cm³/mol. The number of halogens is 1. The highest BCUT2D eigenvalue weighted by Gasteiger charge is 2.36. The molecule has 0 aromatic carbocycles. The molecule has 3 aliphatic rings. The van der Waals surface area contributed by atoms with Crippen LogP contribution in [-0.2, 0) is 9.59 Å². The smallest absolute Gasteiger partial charge is 0.307 e. The first-order valence-electron chi connectivity index (χ1n) is 7.97. The molecule has 6 nitrogen and oxygen atoms in total. The number of nitrogens with one attached hydrogen (secondary N) is 1. The van der Waals surface area contributed by atoms with Gasteiger partial charge in [-0.15, -0.1) is 0 Å². The van der Waals surface area contributed by atoms with E-state index in [1.54, 1.807) is 6.92 Å². The Morgan fingerprint density at radius 2 is 2.00 bits per heavy atom. The Morgan fingerprint density at radius 3 is 2.62 bits per heavy atom. The lowest BCUT2D eigenvalue weighted by Crippen LogP contribution is -2.32. The van der Waals surface area contributed by atoms with E-state index < -0.39 is 5.97 Å².